The molecule has 1 rings (SSSR count). The summed E-state index contributed by atoms with van der Waals surface area (Å²) in [6, 6.07) is 3.63. The van der Waals surface area contributed by atoms with Crippen LogP contribution in [0, 0.1) is 23.0 Å². The number of aryl methyl sites for hydroxylation is 1. The first-order valence-corrected chi connectivity index (χ1v) is 6.34. The van der Waals surface area contributed by atoms with E-state index in [-0.39, 0.29) is 12.2 Å². The number of anilines is 1. The average Bonchev–Trinajstić information content (AvgIpc) is 2.40. The van der Waals surface area contributed by atoms with E-state index in [1.807, 2.05) is 0 Å². The number of rotatable bonds is 6. The monoisotopic (exact) mass is 295 g/mol. The molecule has 0 fully saturated rings. The van der Waals surface area contributed by atoms with Crippen molar-refractivity contribution in [3.63, 3.8) is 0 Å². The molecule has 8 nitrogen and oxygen atoms in total. The number of nitrogens with one attached hydrogen (secondary N) is 2. The third-order valence-electron chi connectivity index (χ3n) is 2.95. The molecule has 2 amide bonds. The van der Waals surface area contributed by atoms with Crippen molar-refractivity contribution in [1.82, 2.24) is 5.32 Å². The number of benzene rings is 1. The van der Waals surface area contributed by atoms with Crippen molar-refractivity contribution in [3.05, 3.63) is 33.9 Å². The Kier molecular flexibility index (Phi) is 5.65. The third kappa shape index (κ3) is 5.09. The molecule has 0 saturated heterocycles. The lowest BCUT2D eigenvalue weighted by Gasteiger charge is -2.11. The fourth-order valence-electron chi connectivity index (χ4n) is 1.59. The van der Waals surface area contributed by atoms with Crippen LogP contribution < -0.4 is 10.6 Å². The molecule has 0 aliphatic carbocycles. The highest BCUT2D eigenvalue weighted by Gasteiger charge is 2.12. The molecule has 3 N–H and O–H groups in total. The van der Waals surface area contributed by atoms with Gasteiger partial charge < -0.3 is 15.7 Å². The normalized spacial score (nSPS) is 11.5. The topological polar surface area (TPSA) is 122 Å². The summed E-state index contributed by atoms with van der Waals surface area (Å²) in [5, 5.41) is 24.4. The summed E-state index contributed by atoms with van der Waals surface area (Å²) >= 11 is 0. The number of carbonyl (C=O) groups is 2. The lowest BCUT2D eigenvalue weighted by molar-refractivity contribution is -0.384. The summed E-state index contributed by atoms with van der Waals surface area (Å²) in [6.45, 7) is 3.43. The van der Waals surface area contributed by atoms with Gasteiger partial charge in [-0.05, 0) is 25.0 Å². The van der Waals surface area contributed by atoms with Crippen molar-refractivity contribution >= 4 is 23.4 Å². The number of nitrogens with zero attached hydrogens (tertiary/aromatic N) is 1. The van der Waals surface area contributed by atoms with Crippen molar-refractivity contribution in [2.24, 2.45) is 5.92 Å². The standard InChI is InChI=1S/C13H17N3O5/c1-8(12(17)18)5-6-14-13(19)15-11-4-3-10(16(20)21)7-9(11)2/h3-4,7-8H,5-6H2,1-2H3,(H,17,18)(H2,14,15,19). The lowest BCUT2D eigenvalue weighted by Crippen LogP contribution is -2.31. The number of urea groups is 1. The summed E-state index contributed by atoms with van der Waals surface area (Å²) in [7, 11) is 0. The number of nitro groups is 1. The Labute approximate surface area is 121 Å². The van der Waals surface area contributed by atoms with Gasteiger partial charge in [-0.15, -0.1) is 0 Å². The van der Waals surface area contributed by atoms with Crippen LogP contribution in [0.3, 0.4) is 0 Å². The molecule has 114 valence electrons. The zero-order valence-corrected chi connectivity index (χ0v) is 11.8. The summed E-state index contributed by atoms with van der Waals surface area (Å²) in [5.74, 6) is -1.45. The van der Waals surface area contributed by atoms with E-state index < -0.39 is 22.8 Å². The SMILES string of the molecule is Cc1cc([N+](=O)[O-])ccc1NC(=O)NCCC(C)C(=O)O. The van der Waals surface area contributed by atoms with E-state index in [2.05, 4.69) is 10.6 Å². The second-order valence-corrected chi connectivity index (χ2v) is 4.67. The van der Waals surface area contributed by atoms with Crippen LogP contribution in [0.5, 0.6) is 0 Å². The van der Waals surface area contributed by atoms with Crippen LogP contribution in [-0.4, -0.2) is 28.6 Å². The van der Waals surface area contributed by atoms with Gasteiger partial charge >= 0.3 is 12.0 Å². The molecule has 1 atom stereocenters. The van der Waals surface area contributed by atoms with Gasteiger partial charge in [0.2, 0.25) is 0 Å². The Hall–Kier alpha value is -2.64. The van der Waals surface area contributed by atoms with Gasteiger partial charge in [0, 0.05) is 24.4 Å². The molecule has 0 spiro atoms. The molecule has 8 heteroatoms. The van der Waals surface area contributed by atoms with Gasteiger partial charge in [-0.25, -0.2) is 4.79 Å². The maximum atomic E-state index is 11.6. The van der Waals surface area contributed by atoms with Gasteiger partial charge in [0.15, 0.2) is 0 Å². The zero-order valence-electron chi connectivity index (χ0n) is 11.8. The summed E-state index contributed by atoms with van der Waals surface area (Å²) in [6.07, 6.45) is 0.321. The molecular weight excluding hydrogens is 278 g/mol. The molecule has 0 bridgehead atoms. The fourth-order valence-corrected chi connectivity index (χ4v) is 1.59. The first kappa shape index (κ1) is 16.4. The van der Waals surface area contributed by atoms with E-state index >= 15 is 0 Å². The van der Waals surface area contributed by atoms with Gasteiger partial charge in [0.05, 0.1) is 10.8 Å². The maximum absolute atomic E-state index is 11.6. The van der Waals surface area contributed by atoms with Crippen molar-refractivity contribution in [2.45, 2.75) is 20.3 Å². The Morgan fingerprint density at radius 3 is 2.62 bits per heavy atom. The van der Waals surface area contributed by atoms with Crippen molar-refractivity contribution in [3.8, 4) is 0 Å². The largest absolute Gasteiger partial charge is 0.481 e. The van der Waals surface area contributed by atoms with Gasteiger partial charge in [-0.2, -0.15) is 0 Å². The molecule has 0 aliphatic rings. The minimum Gasteiger partial charge on any atom is -0.481 e. The third-order valence-corrected chi connectivity index (χ3v) is 2.95. The Morgan fingerprint density at radius 2 is 2.10 bits per heavy atom. The van der Waals surface area contributed by atoms with Crippen LogP contribution in [0.15, 0.2) is 18.2 Å². The van der Waals surface area contributed by atoms with E-state index in [9.17, 15) is 19.7 Å². The number of amides is 2. The first-order valence-electron chi connectivity index (χ1n) is 6.34. The number of carboxylic acid groups (broad SMARTS) is 1. The molecule has 21 heavy (non-hydrogen) atoms. The van der Waals surface area contributed by atoms with Crippen LogP contribution in [0.1, 0.15) is 18.9 Å². The van der Waals surface area contributed by atoms with E-state index in [0.717, 1.165) is 0 Å². The molecule has 0 aromatic heterocycles. The lowest BCUT2D eigenvalue weighted by atomic mass is 10.1. The van der Waals surface area contributed by atoms with Gasteiger partial charge in [0.25, 0.3) is 5.69 Å². The maximum Gasteiger partial charge on any atom is 0.319 e. The van der Waals surface area contributed by atoms with E-state index in [1.54, 1.807) is 13.8 Å². The number of nitro benzene ring substituents is 1. The summed E-state index contributed by atoms with van der Waals surface area (Å²) in [5.41, 5.74) is 0.983. The highest BCUT2D eigenvalue weighted by atomic mass is 16.6. The van der Waals surface area contributed by atoms with Gasteiger partial charge in [0.1, 0.15) is 0 Å². The molecule has 1 aromatic carbocycles. The fraction of sp³-hybridized carbons (Fsp3) is 0.385. The molecule has 0 radical (unpaired) electrons. The van der Waals surface area contributed by atoms with Crippen LogP contribution in [0.25, 0.3) is 0 Å². The van der Waals surface area contributed by atoms with Crippen LogP contribution in [-0.2, 0) is 4.79 Å². The highest BCUT2D eigenvalue weighted by Crippen LogP contribution is 2.20. The van der Waals surface area contributed by atoms with Gasteiger partial charge in [-0.3, -0.25) is 14.9 Å². The number of non-ortho nitro benzene ring substituents is 1. The smallest absolute Gasteiger partial charge is 0.319 e. The number of carboxylic acids is 1. The van der Waals surface area contributed by atoms with E-state index in [0.29, 0.717) is 17.7 Å². The predicted octanol–water partition coefficient (Wildman–Crippen LogP) is 2.14. The second kappa shape index (κ2) is 7.22. The highest BCUT2D eigenvalue weighted by molar-refractivity contribution is 5.90. The first-order chi connectivity index (χ1) is 9.81. The Balaban J connectivity index is 2.52. The van der Waals surface area contributed by atoms with Gasteiger partial charge in [-0.1, -0.05) is 6.92 Å². The quantitative estimate of drug-likeness (QED) is 0.548. The molecule has 0 aliphatic heterocycles. The number of carbonyl (C=O) groups excluding carboxylic acids is 1. The average molecular weight is 295 g/mol. The number of hydrogen-bond acceptors (Lipinski definition) is 4. The van der Waals surface area contributed by atoms with E-state index in [1.165, 1.54) is 18.2 Å². The Morgan fingerprint density at radius 1 is 1.43 bits per heavy atom. The molecule has 1 unspecified atom stereocenters. The van der Waals surface area contributed by atoms with Crippen LogP contribution in [0.2, 0.25) is 0 Å². The summed E-state index contributed by atoms with van der Waals surface area (Å²) in [4.78, 5) is 32.3. The minimum atomic E-state index is -0.913. The van der Waals surface area contributed by atoms with Crippen molar-refractivity contribution in [1.29, 1.82) is 0 Å². The number of hydrogen-bond donors (Lipinski definition) is 3. The molecule has 0 heterocycles. The predicted molar refractivity (Wildman–Crippen MR) is 76.3 cm³/mol. The molecule has 0 saturated carbocycles. The second-order valence-electron chi connectivity index (χ2n) is 4.67. The van der Waals surface area contributed by atoms with Crippen molar-refractivity contribution < 1.29 is 19.6 Å². The molecule has 1 aromatic rings. The van der Waals surface area contributed by atoms with E-state index in [4.69, 9.17) is 5.11 Å². The zero-order chi connectivity index (χ0) is 16.0. The van der Waals surface area contributed by atoms with Crippen LogP contribution in [0.4, 0.5) is 16.2 Å². The number of aliphatic carboxylic acids is 1. The molecular formula is C13H17N3O5. The summed E-state index contributed by atoms with van der Waals surface area (Å²) < 4.78 is 0. The Bertz CT molecular complexity index is 559. The van der Waals surface area contributed by atoms with Crippen molar-refractivity contribution in [2.75, 3.05) is 11.9 Å². The minimum absolute atomic E-state index is 0.0475. The van der Waals surface area contributed by atoms with Crippen LogP contribution >= 0.6 is 0 Å².